The normalized spacial score (nSPS) is 22.2. The molecule has 252 valence electrons. The SMILES string of the molecule is C.O=C1CNC(=O)N1[C@@H]1C[C@H]1c1ccc(-c2ccc(Cl)c(F)c2)nc1.O=C1CNC(=O)N1[C@H]1C[C@@H]1c1ccc(-c2ccc(Cl)c(F)c2)nc1. The van der Waals surface area contributed by atoms with E-state index in [1.165, 1.54) is 34.1 Å². The summed E-state index contributed by atoms with van der Waals surface area (Å²) in [6.45, 7) is 0.142. The van der Waals surface area contributed by atoms with Crippen molar-refractivity contribution in [2.45, 2.75) is 44.2 Å². The number of nitrogens with one attached hydrogen (secondary N) is 2. The average Bonchev–Trinajstić information content (AvgIpc) is 3.99. The van der Waals surface area contributed by atoms with E-state index in [2.05, 4.69) is 20.6 Å². The third-order valence-corrected chi connectivity index (χ3v) is 9.41. The first-order chi connectivity index (χ1) is 23.1. The fraction of sp³-hybridized carbons (Fsp3) is 0.257. The van der Waals surface area contributed by atoms with E-state index >= 15 is 0 Å². The summed E-state index contributed by atoms with van der Waals surface area (Å²) in [6.07, 6.45) is 4.92. The molecule has 8 rings (SSSR count). The molecular weight excluding hydrogens is 677 g/mol. The summed E-state index contributed by atoms with van der Waals surface area (Å²) in [7, 11) is 0. The number of nitrogens with zero attached hydrogens (tertiary/aromatic N) is 4. The Morgan fingerprint density at radius 3 is 1.35 bits per heavy atom. The second-order valence-electron chi connectivity index (χ2n) is 11.9. The van der Waals surface area contributed by atoms with E-state index in [0.29, 0.717) is 22.5 Å². The van der Waals surface area contributed by atoms with E-state index in [1.807, 2.05) is 12.1 Å². The summed E-state index contributed by atoms with van der Waals surface area (Å²) in [5, 5.41) is 5.21. The van der Waals surface area contributed by atoms with Crippen LogP contribution in [-0.4, -0.2) is 68.8 Å². The number of hydrogen-bond donors (Lipinski definition) is 2. The number of rotatable bonds is 6. The van der Waals surface area contributed by atoms with Crippen molar-refractivity contribution in [1.29, 1.82) is 0 Å². The molecule has 4 atom stereocenters. The zero-order valence-corrected chi connectivity index (χ0v) is 26.5. The van der Waals surface area contributed by atoms with Crippen LogP contribution in [0.25, 0.3) is 22.5 Å². The van der Waals surface area contributed by atoms with Crippen LogP contribution in [0.5, 0.6) is 0 Å². The van der Waals surface area contributed by atoms with E-state index in [-0.39, 0.29) is 78.4 Å². The average molecular weight is 708 g/mol. The van der Waals surface area contributed by atoms with Gasteiger partial charge in [-0.3, -0.25) is 29.4 Å². The van der Waals surface area contributed by atoms with Crippen molar-refractivity contribution in [3.05, 3.63) is 106 Å². The van der Waals surface area contributed by atoms with Gasteiger partial charge in [-0.25, -0.2) is 18.4 Å². The van der Waals surface area contributed by atoms with Crippen LogP contribution >= 0.6 is 23.2 Å². The van der Waals surface area contributed by atoms with Crippen molar-refractivity contribution >= 4 is 47.1 Å². The number of halogens is 4. The number of imide groups is 2. The van der Waals surface area contributed by atoms with E-state index in [9.17, 15) is 28.0 Å². The molecule has 14 heteroatoms. The molecule has 2 aliphatic heterocycles. The van der Waals surface area contributed by atoms with Crippen LogP contribution in [0.15, 0.2) is 73.1 Å². The number of urea groups is 2. The molecule has 4 fully saturated rings. The highest BCUT2D eigenvalue weighted by Crippen LogP contribution is 2.46. The van der Waals surface area contributed by atoms with Crippen LogP contribution in [0.4, 0.5) is 18.4 Å². The Hall–Kier alpha value is -4.94. The topological polar surface area (TPSA) is 125 Å². The summed E-state index contributed by atoms with van der Waals surface area (Å²) in [5.74, 6) is -1.12. The van der Waals surface area contributed by atoms with Crippen LogP contribution in [0, 0.1) is 11.6 Å². The zero-order chi connectivity index (χ0) is 33.7. The van der Waals surface area contributed by atoms with E-state index in [0.717, 1.165) is 24.0 Å². The van der Waals surface area contributed by atoms with Gasteiger partial charge < -0.3 is 10.6 Å². The maximum absolute atomic E-state index is 13.5. The Kier molecular flexibility index (Phi) is 9.37. The van der Waals surface area contributed by atoms with Crippen LogP contribution in [0.2, 0.25) is 10.0 Å². The van der Waals surface area contributed by atoms with Gasteiger partial charge in [0.1, 0.15) is 11.6 Å². The molecule has 6 amide bonds. The molecule has 49 heavy (non-hydrogen) atoms. The number of benzene rings is 2. The maximum atomic E-state index is 13.5. The highest BCUT2D eigenvalue weighted by molar-refractivity contribution is 6.31. The predicted molar refractivity (Wildman–Crippen MR) is 179 cm³/mol. The lowest BCUT2D eigenvalue weighted by atomic mass is 10.1. The minimum Gasteiger partial charge on any atom is -0.329 e. The van der Waals surface area contributed by atoms with E-state index in [1.54, 1.807) is 36.7 Å². The summed E-state index contributed by atoms with van der Waals surface area (Å²) in [6, 6.07) is 15.7. The summed E-state index contributed by atoms with van der Waals surface area (Å²) in [5.41, 5.74) is 4.49. The lowest BCUT2D eigenvalue weighted by molar-refractivity contribution is -0.126. The van der Waals surface area contributed by atoms with Gasteiger partial charge >= 0.3 is 12.1 Å². The molecular formula is C35H30Cl2F2N6O4. The van der Waals surface area contributed by atoms with Crippen molar-refractivity contribution in [2.75, 3.05) is 13.1 Å². The highest BCUT2D eigenvalue weighted by atomic mass is 35.5. The van der Waals surface area contributed by atoms with Gasteiger partial charge in [0.15, 0.2) is 0 Å². The Morgan fingerprint density at radius 1 is 0.633 bits per heavy atom. The van der Waals surface area contributed by atoms with Crippen LogP contribution in [-0.2, 0) is 9.59 Å². The molecule has 0 radical (unpaired) electrons. The molecule has 4 aliphatic rings. The van der Waals surface area contributed by atoms with Crippen LogP contribution < -0.4 is 10.6 Å². The number of carbonyl (C=O) groups is 4. The minimum atomic E-state index is -0.485. The Balaban J connectivity index is 0.000000167. The minimum absolute atomic E-state index is 0. The fourth-order valence-corrected chi connectivity index (χ4v) is 6.33. The van der Waals surface area contributed by atoms with Gasteiger partial charge in [-0.1, -0.05) is 54.9 Å². The molecule has 4 heterocycles. The zero-order valence-electron chi connectivity index (χ0n) is 25.0. The molecule has 2 aromatic heterocycles. The Bertz CT molecular complexity index is 1790. The fourth-order valence-electron chi connectivity index (χ4n) is 6.09. The molecule has 0 spiro atoms. The molecule has 2 aromatic carbocycles. The lowest BCUT2D eigenvalue weighted by Crippen LogP contribution is -2.33. The van der Waals surface area contributed by atoms with Crippen molar-refractivity contribution in [2.24, 2.45) is 0 Å². The third-order valence-electron chi connectivity index (χ3n) is 8.79. The standard InChI is InChI=1S/2C17H13ClFN3O2.CH4/c2*18-12-3-1-9(5-13(12)19)14-4-2-10(7-20-14)11-6-15(11)22-16(23)8-21-17(22)24;/h2*1-5,7,11,15H,6,8H2,(H,21,24);1H4/t2*11-,15+;/m10./s1. The first-order valence-corrected chi connectivity index (χ1v) is 15.9. The Labute approximate surface area is 290 Å². The van der Waals surface area contributed by atoms with Gasteiger partial charge in [-0.15, -0.1) is 0 Å². The van der Waals surface area contributed by atoms with Gasteiger partial charge in [0.05, 0.1) is 34.5 Å². The smallest absolute Gasteiger partial charge is 0.324 e. The van der Waals surface area contributed by atoms with Crippen molar-refractivity contribution in [3.8, 4) is 22.5 Å². The second-order valence-corrected chi connectivity index (χ2v) is 12.7. The van der Waals surface area contributed by atoms with E-state index in [4.69, 9.17) is 23.2 Å². The lowest BCUT2D eigenvalue weighted by Gasteiger charge is -2.12. The van der Waals surface area contributed by atoms with Crippen molar-refractivity contribution in [1.82, 2.24) is 30.4 Å². The number of aromatic nitrogens is 2. The summed E-state index contributed by atoms with van der Waals surface area (Å²) < 4.78 is 27.1. The third kappa shape index (κ3) is 6.83. The molecule has 2 saturated carbocycles. The predicted octanol–water partition coefficient (Wildman–Crippen LogP) is 6.53. The molecule has 10 nitrogen and oxygen atoms in total. The summed E-state index contributed by atoms with van der Waals surface area (Å²) in [4.78, 5) is 58.1. The Morgan fingerprint density at radius 2 is 1.04 bits per heavy atom. The molecule has 0 unspecified atom stereocenters. The van der Waals surface area contributed by atoms with Gasteiger partial charge in [-0.2, -0.15) is 0 Å². The number of carbonyl (C=O) groups excluding carboxylic acids is 4. The highest BCUT2D eigenvalue weighted by Gasteiger charge is 2.50. The molecule has 2 N–H and O–H groups in total. The molecule has 2 saturated heterocycles. The van der Waals surface area contributed by atoms with Crippen LogP contribution in [0.3, 0.4) is 0 Å². The van der Waals surface area contributed by atoms with Gasteiger partial charge in [0, 0.05) is 47.4 Å². The van der Waals surface area contributed by atoms with Gasteiger partial charge in [0.25, 0.3) is 0 Å². The molecule has 4 aromatic rings. The quantitative estimate of drug-likeness (QED) is 0.220. The maximum Gasteiger partial charge on any atom is 0.324 e. The van der Waals surface area contributed by atoms with Crippen molar-refractivity contribution < 1.29 is 28.0 Å². The first kappa shape index (κ1) is 33.9. The first-order valence-electron chi connectivity index (χ1n) is 15.1. The summed E-state index contributed by atoms with van der Waals surface area (Å²) >= 11 is 11.4. The van der Waals surface area contributed by atoms with E-state index < -0.39 is 11.6 Å². The molecule has 2 aliphatic carbocycles. The monoisotopic (exact) mass is 706 g/mol. The second kappa shape index (κ2) is 13.5. The van der Waals surface area contributed by atoms with Gasteiger partial charge in [0.2, 0.25) is 11.8 Å². The van der Waals surface area contributed by atoms with Gasteiger partial charge in [-0.05, 0) is 60.4 Å². The molecule has 0 bridgehead atoms. The van der Waals surface area contributed by atoms with Crippen molar-refractivity contribution in [3.63, 3.8) is 0 Å². The number of amides is 6. The number of hydrogen-bond acceptors (Lipinski definition) is 6. The number of pyridine rings is 2. The largest absolute Gasteiger partial charge is 0.329 e. The van der Waals surface area contributed by atoms with Crippen LogP contribution in [0.1, 0.15) is 43.2 Å².